The van der Waals surface area contributed by atoms with E-state index < -0.39 is 0 Å². The molecule has 2 atom stereocenters. The number of nitrogens with one attached hydrogen (secondary N) is 1. The lowest BCUT2D eigenvalue weighted by atomic mass is 9.97. The van der Waals surface area contributed by atoms with Gasteiger partial charge in [0.1, 0.15) is 0 Å². The van der Waals surface area contributed by atoms with Gasteiger partial charge in [0.05, 0.1) is 0 Å². The van der Waals surface area contributed by atoms with Gasteiger partial charge in [-0.1, -0.05) is 13.0 Å². The van der Waals surface area contributed by atoms with Gasteiger partial charge in [-0.25, -0.2) is 0 Å². The molecule has 0 radical (unpaired) electrons. The van der Waals surface area contributed by atoms with Crippen LogP contribution in [-0.4, -0.2) is 11.5 Å². The number of rotatable bonds is 1. The van der Waals surface area contributed by atoms with Gasteiger partial charge in [-0.2, -0.15) is 0 Å². The highest BCUT2D eigenvalue weighted by molar-refractivity contribution is 5.18. The molecule has 0 aliphatic carbocycles. The van der Waals surface area contributed by atoms with E-state index in [4.69, 9.17) is 0 Å². The number of hydrogen-bond acceptors (Lipinski definition) is 2. The Balaban J connectivity index is 2.20. The van der Waals surface area contributed by atoms with Crippen LogP contribution in [0.25, 0.3) is 0 Å². The zero-order valence-corrected chi connectivity index (χ0v) is 8.25. The average Bonchev–Trinajstić information content (AvgIpc) is 2.53. The molecule has 1 saturated heterocycles. The lowest BCUT2D eigenvalue weighted by molar-refractivity contribution is 0.502. The van der Waals surface area contributed by atoms with Crippen molar-refractivity contribution in [2.45, 2.75) is 26.3 Å². The van der Waals surface area contributed by atoms with Crippen LogP contribution in [0.1, 0.15) is 30.6 Å². The normalized spacial score (nSPS) is 27.8. The molecule has 2 unspecified atom stereocenters. The smallest absolute Gasteiger partial charge is 0.0372 e. The van der Waals surface area contributed by atoms with E-state index in [0.29, 0.717) is 6.04 Å². The van der Waals surface area contributed by atoms with Gasteiger partial charge in [0.15, 0.2) is 0 Å². The molecule has 0 saturated carbocycles. The minimum Gasteiger partial charge on any atom is -0.310 e. The number of aromatic nitrogens is 1. The van der Waals surface area contributed by atoms with Gasteiger partial charge in [0, 0.05) is 17.9 Å². The van der Waals surface area contributed by atoms with Gasteiger partial charge >= 0.3 is 0 Å². The summed E-state index contributed by atoms with van der Waals surface area (Å²) in [7, 11) is 0. The van der Waals surface area contributed by atoms with Crippen LogP contribution in [-0.2, 0) is 0 Å². The highest BCUT2D eigenvalue weighted by Crippen LogP contribution is 2.28. The summed E-state index contributed by atoms with van der Waals surface area (Å²) in [5.41, 5.74) is 2.42. The standard InChI is InChI=1S/C11H16N2/c1-8-5-6-12-11(8)10-4-3-9(2)13-7-10/h3-4,7-8,11-12H,5-6H2,1-2H3. The Hall–Kier alpha value is -0.890. The second-order valence-corrected chi connectivity index (χ2v) is 3.93. The fourth-order valence-electron chi connectivity index (χ4n) is 1.94. The van der Waals surface area contributed by atoms with Crippen molar-refractivity contribution in [1.82, 2.24) is 10.3 Å². The van der Waals surface area contributed by atoms with Crippen molar-refractivity contribution in [1.29, 1.82) is 0 Å². The SMILES string of the molecule is Cc1ccc(C2NCCC2C)cn1. The van der Waals surface area contributed by atoms with Crippen LogP contribution in [0.3, 0.4) is 0 Å². The van der Waals surface area contributed by atoms with Crippen LogP contribution < -0.4 is 5.32 Å². The third-order valence-electron chi connectivity index (χ3n) is 2.83. The Labute approximate surface area is 79.4 Å². The topological polar surface area (TPSA) is 24.9 Å². The molecule has 2 rings (SSSR count). The fraction of sp³-hybridized carbons (Fsp3) is 0.545. The lowest BCUT2D eigenvalue weighted by Crippen LogP contribution is -2.16. The quantitative estimate of drug-likeness (QED) is 0.708. The Morgan fingerprint density at radius 2 is 2.31 bits per heavy atom. The first-order valence-electron chi connectivity index (χ1n) is 4.93. The molecule has 2 nitrogen and oxygen atoms in total. The average molecular weight is 176 g/mol. The summed E-state index contributed by atoms with van der Waals surface area (Å²) in [5.74, 6) is 0.740. The third kappa shape index (κ3) is 1.73. The van der Waals surface area contributed by atoms with Crippen molar-refractivity contribution in [3.63, 3.8) is 0 Å². The van der Waals surface area contributed by atoms with Gasteiger partial charge in [-0.3, -0.25) is 4.98 Å². The molecule has 1 aliphatic heterocycles. The molecule has 0 bridgehead atoms. The van der Waals surface area contributed by atoms with E-state index in [1.165, 1.54) is 12.0 Å². The predicted octanol–water partition coefficient (Wildman–Crippen LogP) is 2.06. The number of pyridine rings is 1. The minimum atomic E-state index is 0.521. The second-order valence-electron chi connectivity index (χ2n) is 3.93. The summed E-state index contributed by atoms with van der Waals surface area (Å²) in [5, 5.41) is 3.50. The Morgan fingerprint density at radius 3 is 2.85 bits per heavy atom. The summed E-state index contributed by atoms with van der Waals surface area (Å²) < 4.78 is 0. The van der Waals surface area contributed by atoms with E-state index in [1.807, 2.05) is 13.1 Å². The van der Waals surface area contributed by atoms with Gasteiger partial charge in [0.2, 0.25) is 0 Å². The summed E-state index contributed by atoms with van der Waals surface area (Å²) in [6, 6.07) is 4.79. The van der Waals surface area contributed by atoms with Crippen molar-refractivity contribution in [3.8, 4) is 0 Å². The Kier molecular flexibility index (Phi) is 2.32. The van der Waals surface area contributed by atoms with Crippen LogP contribution >= 0.6 is 0 Å². The molecule has 2 heteroatoms. The van der Waals surface area contributed by atoms with Gasteiger partial charge < -0.3 is 5.32 Å². The van der Waals surface area contributed by atoms with Crippen LogP contribution in [0.15, 0.2) is 18.3 Å². The largest absolute Gasteiger partial charge is 0.310 e. The van der Waals surface area contributed by atoms with Crippen molar-refractivity contribution in [2.24, 2.45) is 5.92 Å². The zero-order chi connectivity index (χ0) is 9.26. The third-order valence-corrected chi connectivity index (χ3v) is 2.83. The van der Waals surface area contributed by atoms with Crippen LogP contribution in [0.2, 0.25) is 0 Å². The van der Waals surface area contributed by atoms with E-state index in [-0.39, 0.29) is 0 Å². The van der Waals surface area contributed by atoms with Crippen LogP contribution in [0.5, 0.6) is 0 Å². The fourth-order valence-corrected chi connectivity index (χ4v) is 1.94. The van der Waals surface area contributed by atoms with Crippen molar-refractivity contribution < 1.29 is 0 Å². The molecule has 70 valence electrons. The molecule has 1 aliphatic rings. The molecule has 0 aromatic carbocycles. The highest BCUT2D eigenvalue weighted by atomic mass is 15.0. The zero-order valence-electron chi connectivity index (χ0n) is 8.25. The predicted molar refractivity (Wildman–Crippen MR) is 53.5 cm³/mol. The Morgan fingerprint density at radius 1 is 1.46 bits per heavy atom. The molecule has 13 heavy (non-hydrogen) atoms. The highest BCUT2D eigenvalue weighted by Gasteiger charge is 2.23. The molecular weight excluding hydrogens is 160 g/mol. The molecule has 0 spiro atoms. The van der Waals surface area contributed by atoms with Gasteiger partial charge in [0.25, 0.3) is 0 Å². The first-order chi connectivity index (χ1) is 6.27. The molecular formula is C11H16N2. The molecule has 1 fully saturated rings. The van der Waals surface area contributed by atoms with E-state index in [2.05, 4.69) is 29.4 Å². The maximum atomic E-state index is 4.32. The van der Waals surface area contributed by atoms with Gasteiger partial charge in [-0.15, -0.1) is 0 Å². The van der Waals surface area contributed by atoms with Crippen LogP contribution in [0.4, 0.5) is 0 Å². The Bertz CT molecular complexity index is 279. The number of aryl methyl sites for hydroxylation is 1. The molecule has 1 aromatic rings. The number of hydrogen-bond donors (Lipinski definition) is 1. The van der Waals surface area contributed by atoms with Crippen molar-refractivity contribution in [2.75, 3.05) is 6.54 Å². The summed E-state index contributed by atoms with van der Waals surface area (Å²) >= 11 is 0. The van der Waals surface area contributed by atoms with Crippen LogP contribution in [0, 0.1) is 12.8 Å². The van der Waals surface area contributed by atoms with Crippen molar-refractivity contribution >= 4 is 0 Å². The lowest BCUT2D eigenvalue weighted by Gasteiger charge is -2.15. The second kappa shape index (κ2) is 3.46. The van der Waals surface area contributed by atoms with E-state index in [1.54, 1.807) is 0 Å². The van der Waals surface area contributed by atoms with E-state index in [0.717, 1.165) is 18.2 Å². The molecule has 1 N–H and O–H groups in total. The van der Waals surface area contributed by atoms with E-state index in [9.17, 15) is 0 Å². The van der Waals surface area contributed by atoms with Crippen molar-refractivity contribution in [3.05, 3.63) is 29.6 Å². The maximum absolute atomic E-state index is 4.32. The summed E-state index contributed by atoms with van der Waals surface area (Å²) in [6.45, 7) is 5.46. The molecule has 2 heterocycles. The summed E-state index contributed by atoms with van der Waals surface area (Å²) in [6.07, 6.45) is 3.27. The first-order valence-corrected chi connectivity index (χ1v) is 4.93. The molecule has 0 amide bonds. The van der Waals surface area contributed by atoms with Gasteiger partial charge in [-0.05, 0) is 37.4 Å². The van der Waals surface area contributed by atoms with E-state index >= 15 is 0 Å². The first kappa shape index (κ1) is 8.70. The number of nitrogens with zero attached hydrogens (tertiary/aromatic N) is 1. The maximum Gasteiger partial charge on any atom is 0.0372 e. The summed E-state index contributed by atoms with van der Waals surface area (Å²) in [4.78, 5) is 4.32. The minimum absolute atomic E-state index is 0.521. The monoisotopic (exact) mass is 176 g/mol. The molecule has 1 aromatic heterocycles.